The molecule has 0 saturated carbocycles. The van der Waals surface area contributed by atoms with Crippen molar-refractivity contribution < 1.29 is 14.9 Å². The molecule has 4 rings (SSSR count). The average molecular weight is 373 g/mol. The third-order valence-electron chi connectivity index (χ3n) is 4.66. The van der Waals surface area contributed by atoms with Crippen LogP contribution < -0.4 is 16.6 Å². The molecule has 0 bridgehead atoms. The number of nitrogen functional groups attached to an aromatic ring is 1. The zero-order valence-corrected chi connectivity index (χ0v) is 14.3. The fourth-order valence-electron chi connectivity index (χ4n) is 3.32. The van der Waals surface area contributed by atoms with Crippen molar-refractivity contribution in [3.8, 4) is 0 Å². The van der Waals surface area contributed by atoms with Gasteiger partial charge in [0.25, 0.3) is 5.56 Å². The van der Waals surface area contributed by atoms with E-state index in [1.165, 1.54) is 6.33 Å². The Morgan fingerprint density at radius 3 is 2.85 bits per heavy atom. The minimum Gasteiger partial charge on any atom is -0.394 e. The van der Waals surface area contributed by atoms with E-state index in [1.54, 1.807) is 4.57 Å². The van der Waals surface area contributed by atoms with Gasteiger partial charge in [0.1, 0.15) is 12.2 Å². The Labute approximate surface area is 153 Å². The van der Waals surface area contributed by atoms with Crippen LogP contribution in [0.25, 0.3) is 11.2 Å². The van der Waals surface area contributed by atoms with E-state index in [-0.39, 0.29) is 23.7 Å². The largest absolute Gasteiger partial charge is 0.394 e. The highest BCUT2D eigenvalue weighted by Crippen LogP contribution is 2.31. The molecule has 1 saturated heterocycles. The first-order chi connectivity index (χ1) is 13.1. The van der Waals surface area contributed by atoms with E-state index < -0.39 is 30.0 Å². The van der Waals surface area contributed by atoms with Gasteiger partial charge in [0, 0.05) is 6.54 Å². The number of nitrogens with zero attached hydrogens (tertiary/aromatic N) is 3. The fourth-order valence-corrected chi connectivity index (χ4v) is 3.32. The SMILES string of the molecule is Nc1nc2c(ncn2[C@@H]2O[C@H](CO)[C@@H](O)[C@H]2[15NH]Cc2ccccc2)c(=O)[nH]1. The molecule has 0 amide bonds. The van der Waals surface area contributed by atoms with E-state index in [4.69, 9.17) is 10.5 Å². The number of nitrogens with one attached hydrogen (secondary N) is 2. The van der Waals surface area contributed by atoms with Gasteiger partial charge in [-0.1, -0.05) is 30.3 Å². The van der Waals surface area contributed by atoms with Gasteiger partial charge in [-0.3, -0.25) is 14.3 Å². The van der Waals surface area contributed by atoms with Crippen LogP contribution in [0.4, 0.5) is 5.95 Å². The lowest BCUT2D eigenvalue weighted by Crippen LogP contribution is -2.43. The van der Waals surface area contributed by atoms with E-state index in [0.29, 0.717) is 6.54 Å². The molecule has 10 heteroatoms. The summed E-state index contributed by atoms with van der Waals surface area (Å²) < 4.78 is 7.37. The molecule has 142 valence electrons. The summed E-state index contributed by atoms with van der Waals surface area (Å²) in [6, 6.07) is 9.14. The minimum absolute atomic E-state index is 0.0414. The molecule has 27 heavy (non-hydrogen) atoms. The van der Waals surface area contributed by atoms with Crippen molar-refractivity contribution in [3.05, 3.63) is 52.6 Å². The molecule has 10 nitrogen and oxygen atoms in total. The van der Waals surface area contributed by atoms with Crippen LogP contribution in [0.5, 0.6) is 0 Å². The van der Waals surface area contributed by atoms with Crippen molar-refractivity contribution in [2.24, 2.45) is 0 Å². The number of aromatic nitrogens is 4. The molecule has 1 aliphatic rings. The molecular weight excluding hydrogens is 353 g/mol. The average Bonchev–Trinajstić information content (AvgIpc) is 3.21. The highest BCUT2D eigenvalue weighted by molar-refractivity contribution is 5.70. The molecular formula is C17H20N6O4. The molecule has 2 aromatic heterocycles. The lowest BCUT2D eigenvalue weighted by molar-refractivity contribution is -0.0441. The van der Waals surface area contributed by atoms with Gasteiger partial charge in [-0.25, -0.2) is 4.98 Å². The molecule has 1 aromatic carbocycles. The van der Waals surface area contributed by atoms with Crippen LogP contribution in [0.3, 0.4) is 0 Å². The van der Waals surface area contributed by atoms with E-state index in [2.05, 4.69) is 20.3 Å². The number of aliphatic hydroxyl groups is 2. The molecule has 1 aliphatic heterocycles. The molecule has 0 aliphatic carbocycles. The number of H-pyrrole nitrogens is 1. The van der Waals surface area contributed by atoms with Crippen LogP contribution in [0.15, 0.2) is 41.5 Å². The topological polar surface area (TPSA) is 151 Å². The number of hydrogen-bond donors (Lipinski definition) is 5. The summed E-state index contributed by atoms with van der Waals surface area (Å²) in [7, 11) is 0. The van der Waals surface area contributed by atoms with Gasteiger partial charge < -0.3 is 26.0 Å². The second-order valence-corrected chi connectivity index (χ2v) is 6.41. The molecule has 3 aromatic rings. The molecule has 0 spiro atoms. The summed E-state index contributed by atoms with van der Waals surface area (Å²) >= 11 is 0. The van der Waals surface area contributed by atoms with Gasteiger partial charge in [-0.05, 0) is 5.56 Å². The smallest absolute Gasteiger partial charge is 0.280 e. The van der Waals surface area contributed by atoms with Gasteiger partial charge in [0.2, 0.25) is 5.95 Å². The van der Waals surface area contributed by atoms with Crippen molar-refractivity contribution >= 4 is 17.1 Å². The van der Waals surface area contributed by atoms with Crippen molar-refractivity contribution in [2.45, 2.75) is 31.0 Å². The van der Waals surface area contributed by atoms with Gasteiger partial charge >= 0.3 is 0 Å². The molecule has 3 heterocycles. The van der Waals surface area contributed by atoms with E-state index in [0.717, 1.165) is 5.56 Å². The first-order valence-corrected chi connectivity index (χ1v) is 8.52. The maximum Gasteiger partial charge on any atom is 0.280 e. The molecule has 6 N–H and O–H groups in total. The lowest BCUT2D eigenvalue weighted by Gasteiger charge is -2.23. The Kier molecular flexibility index (Phi) is 4.62. The van der Waals surface area contributed by atoms with Gasteiger partial charge in [0.15, 0.2) is 17.4 Å². The summed E-state index contributed by atoms with van der Waals surface area (Å²) in [6.07, 6.45) is -1.04. The Bertz CT molecular complexity index is 988. The Morgan fingerprint density at radius 2 is 2.11 bits per heavy atom. The summed E-state index contributed by atoms with van der Waals surface area (Å²) in [5.74, 6) is -0.0414. The maximum atomic E-state index is 12.0. The number of hydrogen-bond acceptors (Lipinski definition) is 8. The van der Waals surface area contributed by atoms with E-state index in [1.807, 2.05) is 30.3 Å². The summed E-state index contributed by atoms with van der Waals surface area (Å²) in [6.45, 7) is 0.146. The quantitative estimate of drug-likeness (QED) is 0.361. The second-order valence-electron chi connectivity index (χ2n) is 6.41. The molecule has 0 unspecified atom stereocenters. The van der Waals surface area contributed by atoms with Gasteiger partial charge in [-0.15, -0.1) is 0 Å². The van der Waals surface area contributed by atoms with E-state index >= 15 is 0 Å². The Morgan fingerprint density at radius 1 is 1.33 bits per heavy atom. The summed E-state index contributed by atoms with van der Waals surface area (Å²) in [5, 5.41) is 23.4. The van der Waals surface area contributed by atoms with Gasteiger partial charge in [-0.2, -0.15) is 4.98 Å². The lowest BCUT2D eigenvalue weighted by atomic mass is 10.1. The molecule has 4 atom stereocenters. The van der Waals surface area contributed by atoms with Crippen molar-refractivity contribution in [2.75, 3.05) is 12.3 Å². The third-order valence-corrected chi connectivity index (χ3v) is 4.66. The zero-order valence-electron chi connectivity index (χ0n) is 14.3. The normalized spacial score (nSPS) is 25.3. The van der Waals surface area contributed by atoms with Crippen molar-refractivity contribution in [1.82, 2.24) is 24.8 Å². The Hall–Kier alpha value is -2.79. The van der Waals surface area contributed by atoms with Crippen LogP contribution in [0.1, 0.15) is 11.8 Å². The monoisotopic (exact) mass is 373 g/mol. The minimum atomic E-state index is -0.958. The maximum absolute atomic E-state index is 12.0. The second kappa shape index (κ2) is 7.08. The number of anilines is 1. The van der Waals surface area contributed by atoms with Crippen molar-refractivity contribution in [3.63, 3.8) is 0 Å². The van der Waals surface area contributed by atoms with Crippen LogP contribution in [-0.4, -0.2) is 54.6 Å². The molecule has 0 radical (unpaired) electrons. The summed E-state index contributed by atoms with van der Waals surface area (Å²) in [5.41, 5.74) is 6.59. The fraction of sp³-hybridized carbons (Fsp3) is 0.353. The van der Waals surface area contributed by atoms with Crippen LogP contribution >= 0.6 is 0 Å². The third kappa shape index (κ3) is 3.19. The highest BCUT2D eigenvalue weighted by atomic mass is 16.5. The van der Waals surface area contributed by atoms with Crippen LogP contribution in [0, 0.1) is 0 Å². The number of aliphatic hydroxyl groups excluding tert-OH is 2. The first-order valence-electron chi connectivity index (χ1n) is 8.52. The standard InChI is InChI=1S/C17H20N6O4/c18-17-21-14-12(15(26)22-17)20-8-23(14)16-11(13(25)10(7-24)27-16)19-6-9-4-2-1-3-5-9/h1-5,8,10-11,13,16,19,24-25H,6-7H2,(H3,18,21,22,26)/t10-,11-,13-,16-/m1/s1/i19+1. The number of fused-ring (bicyclic) bond motifs is 1. The number of nitrogens with two attached hydrogens (primary N) is 1. The zero-order chi connectivity index (χ0) is 19.0. The number of ether oxygens (including phenoxy) is 1. The summed E-state index contributed by atoms with van der Waals surface area (Å²) in [4.78, 5) is 22.6. The number of rotatable bonds is 5. The van der Waals surface area contributed by atoms with Gasteiger partial charge in [0.05, 0.1) is 19.0 Å². The highest BCUT2D eigenvalue weighted by Gasteiger charge is 2.44. The first kappa shape index (κ1) is 17.6. The number of aromatic amines is 1. The van der Waals surface area contributed by atoms with E-state index in [9.17, 15) is 15.0 Å². The molecule has 1 fully saturated rings. The predicted octanol–water partition coefficient (Wildman–Crippen LogP) is -0.889. The van der Waals surface area contributed by atoms with Crippen LogP contribution in [0.2, 0.25) is 0 Å². The van der Waals surface area contributed by atoms with Crippen molar-refractivity contribution in [1.29, 1.82) is 0 Å². The predicted molar refractivity (Wildman–Crippen MR) is 96.6 cm³/mol. The number of imidazole rings is 1. The number of benzene rings is 1. The van der Waals surface area contributed by atoms with Crippen LogP contribution in [-0.2, 0) is 11.3 Å². The Balaban J connectivity index is 1.68.